The van der Waals surface area contributed by atoms with Crippen molar-refractivity contribution in [1.82, 2.24) is 10.3 Å². The smallest absolute Gasteiger partial charge is 0.125 e. The average molecular weight is 228 g/mol. The second-order valence-electron chi connectivity index (χ2n) is 3.81. The van der Waals surface area contributed by atoms with Crippen molar-refractivity contribution >= 4 is 18.2 Å². The third kappa shape index (κ3) is 4.06. The minimum absolute atomic E-state index is 0. The monoisotopic (exact) mass is 227 g/mol. The minimum atomic E-state index is 0. The van der Waals surface area contributed by atoms with Gasteiger partial charge in [0.1, 0.15) is 5.82 Å². The molecule has 1 fully saturated rings. The van der Waals surface area contributed by atoms with E-state index in [9.17, 15) is 0 Å². The average Bonchev–Trinajstić information content (AvgIpc) is 2.29. The quantitative estimate of drug-likeness (QED) is 0.829. The van der Waals surface area contributed by atoms with Crippen molar-refractivity contribution in [3.63, 3.8) is 0 Å². The van der Waals surface area contributed by atoms with Gasteiger partial charge in [-0.15, -0.1) is 12.4 Å². The first kappa shape index (κ1) is 12.3. The summed E-state index contributed by atoms with van der Waals surface area (Å²) in [7, 11) is 0. The SMILES string of the molecule is Cl.c1ccc(NCC2CCCNC2)nc1. The molecule has 1 unspecified atom stereocenters. The number of pyridine rings is 1. The molecule has 2 N–H and O–H groups in total. The third-order valence-corrected chi connectivity index (χ3v) is 2.64. The molecule has 1 aliphatic rings. The second kappa shape index (κ2) is 6.64. The highest BCUT2D eigenvalue weighted by Crippen LogP contribution is 2.10. The van der Waals surface area contributed by atoms with Gasteiger partial charge in [-0.3, -0.25) is 0 Å². The van der Waals surface area contributed by atoms with Crippen LogP contribution in [-0.4, -0.2) is 24.6 Å². The lowest BCUT2D eigenvalue weighted by Crippen LogP contribution is -2.33. The number of halogens is 1. The minimum Gasteiger partial charge on any atom is -0.370 e. The van der Waals surface area contributed by atoms with E-state index >= 15 is 0 Å². The lowest BCUT2D eigenvalue weighted by Gasteiger charge is -2.22. The molecule has 3 nitrogen and oxygen atoms in total. The predicted octanol–water partition coefficient (Wildman–Crippen LogP) is 1.91. The molecule has 1 aromatic heterocycles. The maximum atomic E-state index is 4.23. The molecule has 1 saturated heterocycles. The summed E-state index contributed by atoms with van der Waals surface area (Å²) in [5.41, 5.74) is 0. The number of aromatic nitrogens is 1. The van der Waals surface area contributed by atoms with Gasteiger partial charge >= 0.3 is 0 Å². The molecule has 0 aliphatic carbocycles. The van der Waals surface area contributed by atoms with Gasteiger partial charge in [0.25, 0.3) is 0 Å². The number of nitrogens with zero attached hydrogens (tertiary/aromatic N) is 1. The van der Waals surface area contributed by atoms with E-state index in [1.807, 2.05) is 24.4 Å². The molecule has 0 spiro atoms. The van der Waals surface area contributed by atoms with Gasteiger partial charge in [-0.2, -0.15) is 0 Å². The summed E-state index contributed by atoms with van der Waals surface area (Å²) in [6.45, 7) is 3.35. The molecule has 4 heteroatoms. The Bertz CT molecular complexity index is 260. The Hall–Kier alpha value is -0.800. The van der Waals surface area contributed by atoms with E-state index < -0.39 is 0 Å². The molecule has 0 bridgehead atoms. The summed E-state index contributed by atoms with van der Waals surface area (Å²) >= 11 is 0. The normalized spacial score (nSPS) is 20.4. The van der Waals surface area contributed by atoms with Gasteiger partial charge in [-0.25, -0.2) is 4.98 Å². The highest BCUT2D eigenvalue weighted by Gasteiger charge is 2.12. The number of anilines is 1. The Labute approximate surface area is 97.1 Å². The van der Waals surface area contributed by atoms with Crippen LogP contribution in [0.3, 0.4) is 0 Å². The third-order valence-electron chi connectivity index (χ3n) is 2.64. The molecule has 0 aromatic carbocycles. The summed E-state index contributed by atoms with van der Waals surface area (Å²) in [5.74, 6) is 1.74. The number of nitrogens with one attached hydrogen (secondary N) is 2. The Morgan fingerprint density at radius 2 is 2.40 bits per heavy atom. The Kier molecular flexibility index (Phi) is 5.43. The number of piperidine rings is 1. The maximum Gasteiger partial charge on any atom is 0.125 e. The first-order chi connectivity index (χ1) is 6.95. The van der Waals surface area contributed by atoms with Crippen molar-refractivity contribution in [1.29, 1.82) is 0 Å². The fourth-order valence-corrected chi connectivity index (χ4v) is 1.81. The zero-order valence-electron chi connectivity index (χ0n) is 8.78. The molecular formula is C11H18ClN3. The number of rotatable bonds is 3. The zero-order valence-corrected chi connectivity index (χ0v) is 9.59. The largest absolute Gasteiger partial charge is 0.370 e. The highest BCUT2D eigenvalue weighted by molar-refractivity contribution is 5.85. The molecule has 0 radical (unpaired) electrons. The van der Waals surface area contributed by atoms with Crippen molar-refractivity contribution in [3.05, 3.63) is 24.4 Å². The van der Waals surface area contributed by atoms with E-state index in [1.165, 1.54) is 19.4 Å². The van der Waals surface area contributed by atoms with Crippen molar-refractivity contribution < 1.29 is 0 Å². The van der Waals surface area contributed by atoms with Crippen LogP contribution in [0, 0.1) is 5.92 Å². The summed E-state index contributed by atoms with van der Waals surface area (Å²) < 4.78 is 0. The van der Waals surface area contributed by atoms with Crippen LogP contribution in [0.1, 0.15) is 12.8 Å². The first-order valence-corrected chi connectivity index (χ1v) is 5.31. The van der Waals surface area contributed by atoms with Crippen LogP contribution in [-0.2, 0) is 0 Å². The van der Waals surface area contributed by atoms with E-state index in [2.05, 4.69) is 15.6 Å². The van der Waals surface area contributed by atoms with Gasteiger partial charge in [0.05, 0.1) is 0 Å². The fraction of sp³-hybridized carbons (Fsp3) is 0.545. The number of hydrogen-bond donors (Lipinski definition) is 2. The molecule has 0 saturated carbocycles. The Morgan fingerprint density at radius 1 is 1.47 bits per heavy atom. The van der Waals surface area contributed by atoms with Gasteiger partial charge in [0.15, 0.2) is 0 Å². The molecule has 84 valence electrons. The maximum absolute atomic E-state index is 4.23. The Balaban J connectivity index is 0.00000112. The molecular weight excluding hydrogens is 210 g/mol. The lowest BCUT2D eigenvalue weighted by molar-refractivity contribution is 0.392. The molecule has 0 amide bonds. The van der Waals surface area contributed by atoms with Crippen molar-refractivity contribution in [2.75, 3.05) is 25.0 Å². The van der Waals surface area contributed by atoms with Crippen LogP contribution < -0.4 is 10.6 Å². The summed E-state index contributed by atoms with van der Waals surface area (Å²) in [6.07, 6.45) is 4.45. The molecule has 1 aromatic rings. The van der Waals surface area contributed by atoms with E-state index in [0.717, 1.165) is 24.8 Å². The van der Waals surface area contributed by atoms with E-state index in [1.54, 1.807) is 0 Å². The van der Waals surface area contributed by atoms with Crippen LogP contribution >= 0.6 is 12.4 Å². The lowest BCUT2D eigenvalue weighted by atomic mass is 10.00. The van der Waals surface area contributed by atoms with Crippen molar-refractivity contribution in [2.24, 2.45) is 5.92 Å². The van der Waals surface area contributed by atoms with Gasteiger partial charge < -0.3 is 10.6 Å². The van der Waals surface area contributed by atoms with Crippen LogP contribution in [0.25, 0.3) is 0 Å². The van der Waals surface area contributed by atoms with Crippen LogP contribution in [0.4, 0.5) is 5.82 Å². The summed E-state index contributed by atoms with van der Waals surface area (Å²) in [5, 5.41) is 6.77. The fourth-order valence-electron chi connectivity index (χ4n) is 1.81. The van der Waals surface area contributed by atoms with Crippen LogP contribution in [0.2, 0.25) is 0 Å². The summed E-state index contributed by atoms with van der Waals surface area (Å²) in [6, 6.07) is 5.96. The topological polar surface area (TPSA) is 37.0 Å². The highest BCUT2D eigenvalue weighted by atomic mass is 35.5. The zero-order chi connectivity index (χ0) is 9.64. The number of hydrogen-bond acceptors (Lipinski definition) is 3. The van der Waals surface area contributed by atoms with Crippen LogP contribution in [0.15, 0.2) is 24.4 Å². The van der Waals surface area contributed by atoms with E-state index in [4.69, 9.17) is 0 Å². The second-order valence-corrected chi connectivity index (χ2v) is 3.81. The van der Waals surface area contributed by atoms with Gasteiger partial charge in [-0.05, 0) is 44.0 Å². The van der Waals surface area contributed by atoms with Crippen LogP contribution in [0.5, 0.6) is 0 Å². The standard InChI is InChI=1S/C11H17N3.ClH/c1-2-7-13-11(5-1)14-9-10-4-3-6-12-8-10;/h1-2,5,7,10,12H,3-4,6,8-9H2,(H,13,14);1H. The van der Waals surface area contributed by atoms with E-state index in [0.29, 0.717) is 0 Å². The van der Waals surface area contributed by atoms with E-state index in [-0.39, 0.29) is 12.4 Å². The van der Waals surface area contributed by atoms with Gasteiger partial charge in [-0.1, -0.05) is 6.07 Å². The van der Waals surface area contributed by atoms with Crippen molar-refractivity contribution in [3.8, 4) is 0 Å². The first-order valence-electron chi connectivity index (χ1n) is 5.31. The molecule has 1 aliphatic heterocycles. The Morgan fingerprint density at radius 3 is 3.07 bits per heavy atom. The predicted molar refractivity (Wildman–Crippen MR) is 65.6 cm³/mol. The molecule has 1 atom stereocenters. The van der Waals surface area contributed by atoms with Gasteiger partial charge in [0, 0.05) is 12.7 Å². The van der Waals surface area contributed by atoms with Crippen molar-refractivity contribution in [2.45, 2.75) is 12.8 Å². The molecule has 2 heterocycles. The molecule has 15 heavy (non-hydrogen) atoms. The molecule has 2 rings (SSSR count). The van der Waals surface area contributed by atoms with Gasteiger partial charge in [0.2, 0.25) is 0 Å². The summed E-state index contributed by atoms with van der Waals surface area (Å²) in [4.78, 5) is 4.23.